The maximum Gasteiger partial charge on any atom is 0.174 e. The highest BCUT2D eigenvalue weighted by molar-refractivity contribution is 5.78. The molecule has 1 aromatic heterocycles. The number of benzene rings is 4. The number of H-pyrrole nitrogens is 2. The minimum atomic E-state index is -0.604. The Bertz CT molecular complexity index is 1700. The van der Waals surface area contributed by atoms with E-state index in [9.17, 15) is 0 Å². The SMILES string of the molecule is C1=CCNC(c2ccc3c(c2)Oc2cc(-c4n[nH][nH]4)ccc2C32c3ccccc3Oc3ccccc32)=C1. The zero-order valence-corrected chi connectivity index (χ0v) is 19.8. The number of allylic oxidation sites excluding steroid dienone is 2. The molecule has 0 bridgehead atoms. The van der Waals surface area contributed by atoms with Crippen molar-refractivity contribution >= 4 is 5.70 Å². The van der Waals surface area contributed by atoms with Crippen molar-refractivity contribution in [3.8, 4) is 34.4 Å². The molecule has 3 aliphatic rings. The van der Waals surface area contributed by atoms with Gasteiger partial charge in [-0.3, -0.25) is 5.10 Å². The molecule has 0 fully saturated rings. The fourth-order valence-corrected chi connectivity index (χ4v) is 5.89. The molecular weight excluding hydrogens is 460 g/mol. The molecule has 0 amide bonds. The molecule has 4 heterocycles. The summed E-state index contributed by atoms with van der Waals surface area (Å²) in [4.78, 5) is 0. The molecule has 5 aromatic rings. The average Bonchev–Trinajstić information content (AvgIpc) is 2.92. The number of nitrogens with one attached hydrogen (secondary N) is 3. The Balaban J connectivity index is 1.46. The molecule has 8 rings (SSSR count). The van der Waals surface area contributed by atoms with Crippen molar-refractivity contribution in [1.82, 2.24) is 20.7 Å². The second kappa shape index (κ2) is 7.51. The van der Waals surface area contributed by atoms with E-state index in [1.807, 2.05) is 24.3 Å². The van der Waals surface area contributed by atoms with Crippen molar-refractivity contribution in [2.24, 2.45) is 0 Å². The van der Waals surface area contributed by atoms with E-state index in [0.29, 0.717) is 0 Å². The van der Waals surface area contributed by atoms with Crippen LogP contribution in [-0.4, -0.2) is 22.0 Å². The number of hydrogen-bond donors (Lipinski definition) is 3. The van der Waals surface area contributed by atoms with Gasteiger partial charge in [0.15, 0.2) is 5.82 Å². The van der Waals surface area contributed by atoms with E-state index >= 15 is 0 Å². The van der Waals surface area contributed by atoms with E-state index in [1.165, 1.54) is 0 Å². The van der Waals surface area contributed by atoms with E-state index in [1.54, 1.807) is 0 Å². The number of dihydropyridines is 1. The lowest BCUT2D eigenvalue weighted by Gasteiger charge is -2.45. The van der Waals surface area contributed by atoms with Crippen LogP contribution in [0.2, 0.25) is 0 Å². The fourth-order valence-electron chi connectivity index (χ4n) is 5.89. The number of rotatable bonds is 2. The summed E-state index contributed by atoms with van der Waals surface area (Å²) in [5.74, 6) is 4.12. The molecule has 1 spiro atoms. The van der Waals surface area contributed by atoms with Crippen LogP contribution >= 0.6 is 0 Å². The molecule has 0 aliphatic carbocycles. The molecule has 0 radical (unpaired) electrons. The number of fused-ring (bicyclic) bond motifs is 8. The van der Waals surface area contributed by atoms with E-state index < -0.39 is 5.41 Å². The van der Waals surface area contributed by atoms with Gasteiger partial charge in [-0.2, -0.15) is 0 Å². The molecule has 6 heteroatoms. The third kappa shape index (κ3) is 2.78. The van der Waals surface area contributed by atoms with Gasteiger partial charge in [-0.15, -0.1) is 5.10 Å². The molecule has 0 saturated heterocycles. The van der Waals surface area contributed by atoms with Gasteiger partial charge in [-0.25, -0.2) is 5.21 Å². The Labute approximate surface area is 213 Å². The molecule has 3 N–H and O–H groups in total. The van der Waals surface area contributed by atoms with Gasteiger partial charge in [-0.05, 0) is 30.3 Å². The molecule has 0 atom stereocenters. The van der Waals surface area contributed by atoms with Crippen LogP contribution in [0.1, 0.15) is 27.8 Å². The third-order valence-corrected chi connectivity index (χ3v) is 7.53. The van der Waals surface area contributed by atoms with Crippen LogP contribution in [0.25, 0.3) is 17.1 Å². The maximum absolute atomic E-state index is 6.71. The number of ether oxygens (including phenoxy) is 2. The first-order chi connectivity index (χ1) is 18.3. The second-order valence-corrected chi connectivity index (χ2v) is 9.45. The Morgan fingerprint density at radius 3 is 1.89 bits per heavy atom. The van der Waals surface area contributed by atoms with Crippen LogP contribution in [0.5, 0.6) is 23.0 Å². The highest BCUT2D eigenvalue weighted by atomic mass is 16.5. The minimum Gasteiger partial charge on any atom is -0.457 e. The summed E-state index contributed by atoms with van der Waals surface area (Å²) in [6, 6.07) is 29.5. The second-order valence-electron chi connectivity index (χ2n) is 9.45. The highest BCUT2D eigenvalue weighted by Gasteiger charge is 2.50. The van der Waals surface area contributed by atoms with E-state index in [2.05, 4.69) is 99.6 Å². The fraction of sp³-hybridized carbons (Fsp3) is 0.0645. The van der Waals surface area contributed by atoms with Gasteiger partial charge in [-0.1, -0.05) is 72.8 Å². The minimum absolute atomic E-state index is 0.604. The van der Waals surface area contributed by atoms with Crippen molar-refractivity contribution in [3.05, 3.63) is 131 Å². The molecule has 0 saturated carbocycles. The lowest BCUT2D eigenvalue weighted by molar-refractivity contribution is 0.399. The number of aromatic amines is 2. The Hall–Kier alpha value is -4.97. The highest BCUT2D eigenvalue weighted by Crippen LogP contribution is 2.61. The van der Waals surface area contributed by atoms with E-state index in [0.717, 1.165) is 74.4 Å². The average molecular weight is 483 g/mol. The smallest absolute Gasteiger partial charge is 0.174 e. The van der Waals surface area contributed by atoms with Gasteiger partial charge in [0.25, 0.3) is 0 Å². The topological polar surface area (TPSA) is 75.0 Å². The van der Waals surface area contributed by atoms with E-state index in [4.69, 9.17) is 9.47 Å². The Kier molecular flexibility index (Phi) is 4.11. The van der Waals surface area contributed by atoms with Crippen LogP contribution in [0.3, 0.4) is 0 Å². The summed E-state index contributed by atoms with van der Waals surface area (Å²) in [6.07, 6.45) is 6.29. The molecule has 37 heavy (non-hydrogen) atoms. The van der Waals surface area contributed by atoms with Gasteiger partial charge in [0.1, 0.15) is 23.0 Å². The lowest BCUT2D eigenvalue weighted by atomic mass is 9.62. The van der Waals surface area contributed by atoms with Crippen LogP contribution in [0, 0.1) is 0 Å². The first kappa shape index (κ1) is 20.2. The van der Waals surface area contributed by atoms with Crippen LogP contribution in [0.15, 0.2) is 103 Å². The van der Waals surface area contributed by atoms with Crippen molar-refractivity contribution in [2.75, 3.05) is 6.54 Å². The quantitative estimate of drug-likeness (QED) is 0.263. The first-order valence-electron chi connectivity index (χ1n) is 12.4. The van der Waals surface area contributed by atoms with Crippen LogP contribution in [-0.2, 0) is 5.41 Å². The standard InChI is InChI=1S/C31H22N4O2/c1-3-10-26-21(7-1)31(22-8-2-4-11-27(22)36-26)23-14-12-19(25-9-5-6-16-32-25)17-28(23)37-29-18-20(13-15-24(29)31)30-33-35-34-30/h1-15,17-18,32,35H,16H2,(H,33,34). The molecule has 4 aromatic carbocycles. The molecule has 6 nitrogen and oxygen atoms in total. The van der Waals surface area contributed by atoms with E-state index in [-0.39, 0.29) is 0 Å². The van der Waals surface area contributed by atoms with Gasteiger partial charge in [0.2, 0.25) is 0 Å². The Morgan fingerprint density at radius 1 is 0.676 bits per heavy atom. The molecule has 178 valence electrons. The van der Waals surface area contributed by atoms with Crippen molar-refractivity contribution in [1.29, 1.82) is 0 Å². The summed E-state index contributed by atoms with van der Waals surface area (Å²) in [5, 5.41) is 13.5. The summed E-state index contributed by atoms with van der Waals surface area (Å²) in [7, 11) is 0. The number of hydrogen-bond acceptors (Lipinski definition) is 4. The summed E-state index contributed by atoms with van der Waals surface area (Å²) in [6.45, 7) is 0.807. The monoisotopic (exact) mass is 482 g/mol. The number of para-hydroxylation sites is 2. The predicted molar refractivity (Wildman–Crippen MR) is 142 cm³/mol. The first-order valence-corrected chi connectivity index (χ1v) is 12.4. The maximum atomic E-state index is 6.71. The van der Waals surface area contributed by atoms with Crippen LogP contribution < -0.4 is 14.8 Å². The summed E-state index contributed by atoms with van der Waals surface area (Å²) < 4.78 is 13.1. The number of aromatic nitrogens is 3. The zero-order chi connectivity index (χ0) is 24.4. The summed E-state index contributed by atoms with van der Waals surface area (Å²) >= 11 is 0. The van der Waals surface area contributed by atoms with Crippen molar-refractivity contribution < 1.29 is 9.47 Å². The van der Waals surface area contributed by atoms with Gasteiger partial charge < -0.3 is 14.8 Å². The largest absolute Gasteiger partial charge is 0.457 e. The predicted octanol–water partition coefficient (Wildman–Crippen LogP) is 6.50. The summed E-state index contributed by atoms with van der Waals surface area (Å²) in [5.41, 5.74) is 6.88. The van der Waals surface area contributed by atoms with Crippen molar-refractivity contribution in [3.63, 3.8) is 0 Å². The van der Waals surface area contributed by atoms with Gasteiger partial charge >= 0.3 is 0 Å². The normalized spacial score (nSPS) is 15.8. The molecular formula is C31H22N4O2. The van der Waals surface area contributed by atoms with Crippen LogP contribution in [0.4, 0.5) is 0 Å². The third-order valence-electron chi connectivity index (χ3n) is 7.53. The van der Waals surface area contributed by atoms with Gasteiger partial charge in [0.05, 0.1) is 5.41 Å². The lowest BCUT2D eigenvalue weighted by Crippen LogP contribution is -2.36. The number of nitrogens with zero attached hydrogens (tertiary/aromatic N) is 1. The zero-order valence-electron chi connectivity index (χ0n) is 19.8. The Morgan fingerprint density at radius 2 is 1.27 bits per heavy atom. The molecule has 0 unspecified atom stereocenters. The molecule has 3 aliphatic heterocycles. The van der Waals surface area contributed by atoms with Crippen molar-refractivity contribution in [2.45, 2.75) is 5.41 Å². The van der Waals surface area contributed by atoms with Gasteiger partial charge in [0, 0.05) is 45.6 Å².